The molecule has 330 valence electrons. The fourth-order valence-electron chi connectivity index (χ4n) is 7.79. The molecule has 2 N–H and O–H groups in total. The van der Waals surface area contributed by atoms with Crippen LogP contribution in [0.2, 0.25) is 0 Å². The van der Waals surface area contributed by atoms with Crippen molar-refractivity contribution in [2.24, 2.45) is 5.41 Å². The van der Waals surface area contributed by atoms with Gasteiger partial charge in [-0.3, -0.25) is 14.6 Å². The zero-order valence-electron chi connectivity index (χ0n) is 35.2. The number of nitrogens with one attached hydrogen (secondary N) is 2. The van der Waals surface area contributed by atoms with Crippen molar-refractivity contribution >= 4 is 37.0 Å². The van der Waals surface area contributed by atoms with Crippen molar-refractivity contribution in [3.05, 3.63) is 105 Å². The van der Waals surface area contributed by atoms with Gasteiger partial charge < -0.3 is 15.0 Å². The van der Waals surface area contributed by atoms with Crippen LogP contribution in [0.25, 0.3) is 5.57 Å². The van der Waals surface area contributed by atoms with Crippen molar-refractivity contribution in [2.75, 3.05) is 77.0 Å². The van der Waals surface area contributed by atoms with Crippen LogP contribution in [0.1, 0.15) is 74.4 Å². The molecule has 0 aromatic heterocycles. The van der Waals surface area contributed by atoms with E-state index in [4.69, 9.17) is 4.74 Å². The van der Waals surface area contributed by atoms with Crippen LogP contribution >= 0.6 is 0 Å². The lowest BCUT2D eigenvalue weighted by Gasteiger charge is -2.39. The second-order valence-electron chi connectivity index (χ2n) is 16.7. The number of nitrogens with zero attached hydrogens (tertiary/aromatic N) is 3. The number of hydrogen-bond donors (Lipinski definition) is 2. The van der Waals surface area contributed by atoms with Crippen molar-refractivity contribution in [3.63, 3.8) is 0 Å². The molecule has 1 atom stereocenters. The van der Waals surface area contributed by atoms with Gasteiger partial charge >= 0.3 is 5.51 Å². The Balaban J connectivity index is 1.22. The van der Waals surface area contributed by atoms with Gasteiger partial charge in [-0.1, -0.05) is 68.8 Å². The Morgan fingerprint density at radius 2 is 1.60 bits per heavy atom. The number of piperazine rings is 1. The normalized spacial score (nSPS) is 19.4. The van der Waals surface area contributed by atoms with E-state index >= 15 is 0 Å². The lowest BCUT2D eigenvalue weighted by molar-refractivity contribution is -0.0425. The van der Waals surface area contributed by atoms with E-state index in [-0.39, 0.29) is 23.6 Å². The summed E-state index contributed by atoms with van der Waals surface area (Å²) in [6, 6.07) is 15.3. The molecule has 0 radical (unpaired) electrons. The van der Waals surface area contributed by atoms with Gasteiger partial charge in [-0.2, -0.15) is 13.2 Å². The van der Waals surface area contributed by atoms with E-state index in [9.17, 15) is 34.8 Å². The molecule has 2 fully saturated rings. The van der Waals surface area contributed by atoms with Gasteiger partial charge in [-0.15, -0.1) is 0 Å². The van der Waals surface area contributed by atoms with Gasteiger partial charge in [-0.05, 0) is 98.5 Å². The third-order valence-electron chi connectivity index (χ3n) is 11.5. The Bertz CT molecular complexity index is 2120. The lowest BCUT2D eigenvalue weighted by atomic mass is 9.72. The number of aryl methyl sites for hydroxylation is 1. The van der Waals surface area contributed by atoms with Gasteiger partial charge in [0, 0.05) is 69.7 Å². The van der Waals surface area contributed by atoms with Crippen molar-refractivity contribution in [2.45, 2.75) is 71.3 Å². The second kappa shape index (κ2) is 20.4. The predicted octanol–water partition coefficient (Wildman–Crippen LogP) is 6.82. The minimum atomic E-state index is -5.95. The predicted molar refractivity (Wildman–Crippen MR) is 233 cm³/mol. The summed E-state index contributed by atoms with van der Waals surface area (Å²) in [7, 11) is -10.8. The Labute approximate surface area is 354 Å². The van der Waals surface area contributed by atoms with Crippen LogP contribution in [0, 0.1) is 12.3 Å². The van der Waals surface area contributed by atoms with Crippen LogP contribution in [0.3, 0.4) is 0 Å². The smallest absolute Gasteiger partial charge is 0.379 e. The Hall–Kier alpha value is -3.80. The number of carbonyl (C=O) groups excluding carboxylic acids is 1. The van der Waals surface area contributed by atoms with Crippen LogP contribution in [-0.4, -0.2) is 116 Å². The average Bonchev–Trinajstić information content (AvgIpc) is 3.20. The quantitative estimate of drug-likeness (QED) is 0.164. The molecule has 0 unspecified atom stereocenters. The maximum Gasteiger partial charge on any atom is 0.501 e. The van der Waals surface area contributed by atoms with Crippen LogP contribution in [0.5, 0.6) is 0 Å². The largest absolute Gasteiger partial charge is 0.501 e. The van der Waals surface area contributed by atoms with Gasteiger partial charge in [0.15, 0.2) is 0 Å². The number of ether oxygens (including phenoxy) is 1. The van der Waals surface area contributed by atoms with E-state index in [1.54, 1.807) is 12.1 Å². The minimum Gasteiger partial charge on any atom is -0.379 e. The van der Waals surface area contributed by atoms with Crippen LogP contribution in [0.4, 0.5) is 18.9 Å². The molecule has 1 amide bonds. The summed E-state index contributed by atoms with van der Waals surface area (Å²) in [6.07, 6.45) is 7.44. The van der Waals surface area contributed by atoms with Gasteiger partial charge in [0.2, 0.25) is 0 Å². The number of rotatable bonds is 17. The number of benzene rings is 2. The third-order valence-corrected chi connectivity index (χ3v) is 14.3. The zero-order chi connectivity index (χ0) is 43.7. The highest BCUT2D eigenvalue weighted by Gasteiger charge is 2.47. The molecule has 2 aromatic rings. The maximum absolute atomic E-state index is 13.5. The molecule has 2 aromatic carbocycles. The standard InChI is InChI=1S/C44H60F3N5O6S2/c1-6-38(18-21-50-26-28-58-29-27-50)48-20-7-8-40(30-34(3)59(54,55)44(45,46)47)60(56,57)49-42(53)36-13-15-39(16-14-36)52-24-22-51(23-25-52)32-37-31-43(4,5)19-17-41(37)35-11-9-33(2)10-12-35/h7-16,30,38,48H,3,6,17-29,31-32H2,1-2,4-5H3,(H,49,53)/b8-7-,40-30+/t38-/m0/s1. The summed E-state index contributed by atoms with van der Waals surface area (Å²) < 4.78 is 98.5. The Morgan fingerprint density at radius 3 is 2.22 bits per heavy atom. The molecule has 5 rings (SSSR count). The monoisotopic (exact) mass is 875 g/mol. The highest BCUT2D eigenvalue weighted by molar-refractivity contribution is 7.96. The fraction of sp³-hybridized carbons (Fsp3) is 0.523. The number of sulfonamides is 1. The molecular weight excluding hydrogens is 816 g/mol. The van der Waals surface area contributed by atoms with E-state index in [0.29, 0.717) is 19.3 Å². The molecule has 11 nitrogen and oxygen atoms in total. The molecule has 0 saturated carbocycles. The number of sulfone groups is 1. The molecule has 16 heteroatoms. The number of allylic oxidation sites excluding steroid dienone is 3. The highest BCUT2D eigenvalue weighted by atomic mass is 32.2. The first-order chi connectivity index (χ1) is 28.3. The van der Waals surface area contributed by atoms with E-state index in [1.807, 2.05) is 11.6 Å². The first-order valence-electron chi connectivity index (χ1n) is 20.6. The van der Waals surface area contributed by atoms with Crippen LogP contribution < -0.4 is 14.9 Å². The van der Waals surface area contributed by atoms with E-state index in [2.05, 4.69) is 71.6 Å². The molecule has 2 saturated heterocycles. The van der Waals surface area contributed by atoms with Gasteiger partial charge in [0.1, 0.15) is 0 Å². The van der Waals surface area contributed by atoms with Crippen molar-refractivity contribution in [1.82, 2.24) is 19.8 Å². The maximum atomic E-state index is 13.5. The first-order valence-corrected chi connectivity index (χ1v) is 23.6. The average molecular weight is 876 g/mol. The van der Waals surface area contributed by atoms with E-state index in [1.165, 1.54) is 40.5 Å². The summed E-state index contributed by atoms with van der Waals surface area (Å²) in [5.41, 5.74) is 0.874. The lowest BCUT2D eigenvalue weighted by Crippen LogP contribution is -2.47. The zero-order valence-corrected chi connectivity index (χ0v) is 36.8. The third kappa shape index (κ3) is 12.9. The van der Waals surface area contributed by atoms with Crippen LogP contribution in [0.15, 0.2) is 88.7 Å². The number of amides is 1. The Morgan fingerprint density at radius 1 is 0.950 bits per heavy atom. The summed E-state index contributed by atoms with van der Waals surface area (Å²) >= 11 is 0. The summed E-state index contributed by atoms with van der Waals surface area (Å²) in [5, 5.41) is 3.27. The van der Waals surface area contributed by atoms with Gasteiger partial charge in [0.05, 0.1) is 23.0 Å². The SMILES string of the molecule is C=C(/C=C(\C=C/CN[C@@H](CC)CCN1CCOCC1)S(=O)(=O)NC(=O)c1ccc(N2CCN(CC3=C(c4ccc(C)cc4)CCC(C)(C)C3)CC2)cc1)S(=O)(=O)C(F)(F)F. The number of hydrogen-bond acceptors (Lipinski definition) is 10. The van der Waals surface area contributed by atoms with Gasteiger partial charge in [-0.25, -0.2) is 21.6 Å². The number of halogens is 3. The Kier molecular flexibility index (Phi) is 16.1. The molecule has 60 heavy (non-hydrogen) atoms. The number of morpholine rings is 1. The fourth-order valence-corrected chi connectivity index (χ4v) is 9.50. The van der Waals surface area contributed by atoms with Crippen molar-refractivity contribution < 1.29 is 39.5 Å². The minimum absolute atomic E-state index is 0.00534. The molecular formula is C44H60F3N5O6S2. The number of carbonyl (C=O) groups is 1. The van der Waals surface area contributed by atoms with Crippen molar-refractivity contribution in [3.8, 4) is 0 Å². The topological polar surface area (TPSA) is 128 Å². The molecule has 0 spiro atoms. The summed E-state index contributed by atoms with van der Waals surface area (Å²) in [4.78, 5) is 17.9. The summed E-state index contributed by atoms with van der Waals surface area (Å²) in [6.45, 7) is 19.8. The van der Waals surface area contributed by atoms with E-state index < -0.39 is 41.1 Å². The van der Waals surface area contributed by atoms with Gasteiger partial charge in [0.25, 0.3) is 25.8 Å². The number of anilines is 1. The molecule has 0 bridgehead atoms. The van der Waals surface area contributed by atoms with Crippen LogP contribution in [-0.2, 0) is 24.6 Å². The number of alkyl halides is 3. The van der Waals surface area contributed by atoms with Crippen molar-refractivity contribution in [1.29, 1.82) is 0 Å². The summed E-state index contributed by atoms with van der Waals surface area (Å²) in [5.74, 6) is -1.03. The molecule has 1 aliphatic carbocycles. The first kappa shape index (κ1) is 47.3. The molecule has 3 aliphatic rings. The second-order valence-corrected chi connectivity index (χ2v) is 20.3. The molecule has 2 aliphatic heterocycles. The van der Waals surface area contributed by atoms with E-state index in [0.717, 1.165) is 96.2 Å². The molecule has 2 heterocycles. The highest BCUT2D eigenvalue weighted by Crippen LogP contribution is 2.43.